The minimum atomic E-state index is 0.906. The summed E-state index contributed by atoms with van der Waals surface area (Å²) in [5.74, 6) is 0.906. The minimum Gasteiger partial charge on any atom is -0.497 e. The molecule has 0 amide bonds. The summed E-state index contributed by atoms with van der Waals surface area (Å²) >= 11 is 0. The Bertz CT molecular complexity index is 494. The molecule has 2 rings (SSSR count). The molecule has 0 fully saturated rings. The molecule has 86 valence electrons. The van der Waals surface area contributed by atoms with Gasteiger partial charge in [0.1, 0.15) is 12.3 Å². The molecule has 1 aromatic carbocycles. The van der Waals surface area contributed by atoms with Crippen LogP contribution in [-0.4, -0.2) is 37.7 Å². The van der Waals surface area contributed by atoms with Gasteiger partial charge in [-0.3, -0.25) is 0 Å². The predicted molar refractivity (Wildman–Crippen MR) is 66.6 cm³/mol. The molecule has 3 heteroatoms. The molecule has 3 nitrogen and oxygen atoms in total. The van der Waals surface area contributed by atoms with Crippen molar-refractivity contribution in [1.82, 2.24) is 4.98 Å². The van der Waals surface area contributed by atoms with Crippen LogP contribution < -0.4 is 4.74 Å². The summed E-state index contributed by atoms with van der Waals surface area (Å²) in [5.41, 5.74) is 2.43. The van der Waals surface area contributed by atoms with Crippen molar-refractivity contribution in [3.05, 3.63) is 30.0 Å². The van der Waals surface area contributed by atoms with Gasteiger partial charge in [0, 0.05) is 10.9 Å². The molecule has 0 bridgehead atoms. The zero-order chi connectivity index (χ0) is 11.8. The first-order valence-corrected chi connectivity index (χ1v) is 5.44. The average Bonchev–Trinajstić information content (AvgIpc) is 2.55. The maximum absolute atomic E-state index is 5.21. The van der Waals surface area contributed by atoms with E-state index >= 15 is 0 Å². The number of nitrogens with zero attached hydrogens (tertiary/aromatic N) is 1. The van der Waals surface area contributed by atoms with Crippen molar-refractivity contribution in [2.75, 3.05) is 28.3 Å². The lowest BCUT2D eigenvalue weighted by atomic mass is 10.2. The number of hydrogen-bond acceptors (Lipinski definition) is 1. The van der Waals surface area contributed by atoms with Crippen molar-refractivity contribution in [1.29, 1.82) is 0 Å². The summed E-state index contributed by atoms with van der Waals surface area (Å²) in [4.78, 5) is 3.43. The van der Waals surface area contributed by atoms with E-state index in [9.17, 15) is 0 Å². The van der Waals surface area contributed by atoms with Gasteiger partial charge in [-0.1, -0.05) is 0 Å². The zero-order valence-electron chi connectivity index (χ0n) is 10.4. The summed E-state index contributed by atoms with van der Waals surface area (Å²) in [7, 11) is 8.26. The van der Waals surface area contributed by atoms with E-state index in [1.54, 1.807) is 7.11 Å². The van der Waals surface area contributed by atoms with Crippen LogP contribution in [0, 0.1) is 0 Å². The Labute approximate surface area is 96.2 Å². The van der Waals surface area contributed by atoms with Crippen LogP contribution in [0.5, 0.6) is 5.75 Å². The Morgan fingerprint density at radius 2 is 1.94 bits per heavy atom. The lowest BCUT2D eigenvalue weighted by molar-refractivity contribution is -0.884. The molecule has 2 aromatic rings. The van der Waals surface area contributed by atoms with E-state index in [1.165, 1.54) is 16.6 Å². The molecule has 0 atom stereocenters. The molecule has 1 N–H and O–H groups in total. The van der Waals surface area contributed by atoms with Gasteiger partial charge in [-0.2, -0.15) is 0 Å². The van der Waals surface area contributed by atoms with Gasteiger partial charge in [0.25, 0.3) is 0 Å². The molecular weight excluding hydrogens is 200 g/mol. The van der Waals surface area contributed by atoms with E-state index in [0.717, 1.165) is 16.8 Å². The van der Waals surface area contributed by atoms with Gasteiger partial charge in [0.2, 0.25) is 0 Å². The van der Waals surface area contributed by atoms with Gasteiger partial charge < -0.3 is 14.2 Å². The third-order valence-corrected chi connectivity index (χ3v) is 2.53. The van der Waals surface area contributed by atoms with Crippen molar-refractivity contribution < 1.29 is 9.22 Å². The van der Waals surface area contributed by atoms with Gasteiger partial charge in [-0.15, -0.1) is 0 Å². The fraction of sp³-hybridized carbons (Fsp3) is 0.385. The predicted octanol–water partition coefficient (Wildman–Crippen LogP) is 2.38. The van der Waals surface area contributed by atoms with E-state index in [1.807, 2.05) is 6.07 Å². The van der Waals surface area contributed by atoms with E-state index in [0.29, 0.717) is 0 Å². The topological polar surface area (TPSA) is 25.0 Å². The molecular formula is C13H19N2O+. The Balaban J connectivity index is 2.36. The number of hydrogen-bond donors (Lipinski definition) is 1. The Morgan fingerprint density at radius 3 is 2.56 bits per heavy atom. The number of ether oxygens (including phenoxy) is 1. The molecule has 0 unspecified atom stereocenters. The SMILES string of the molecule is COc1ccc2[nH]c(C[N+](C)(C)C)cc2c1. The third-order valence-electron chi connectivity index (χ3n) is 2.53. The molecule has 0 spiro atoms. The first-order valence-electron chi connectivity index (χ1n) is 5.44. The highest BCUT2D eigenvalue weighted by Gasteiger charge is 2.11. The van der Waals surface area contributed by atoms with Gasteiger partial charge in [0.15, 0.2) is 0 Å². The molecule has 0 aliphatic carbocycles. The van der Waals surface area contributed by atoms with Crippen molar-refractivity contribution in [3.8, 4) is 5.75 Å². The van der Waals surface area contributed by atoms with Crippen LogP contribution in [0.25, 0.3) is 10.9 Å². The number of methoxy groups -OCH3 is 1. The Kier molecular flexibility index (Phi) is 2.64. The quantitative estimate of drug-likeness (QED) is 0.788. The first kappa shape index (κ1) is 11.0. The number of rotatable bonds is 3. The zero-order valence-corrected chi connectivity index (χ0v) is 10.4. The van der Waals surface area contributed by atoms with E-state index in [2.05, 4.69) is 44.3 Å². The Hall–Kier alpha value is -1.48. The van der Waals surface area contributed by atoms with Crippen molar-refractivity contribution in [2.24, 2.45) is 0 Å². The van der Waals surface area contributed by atoms with Crippen LogP contribution in [0.4, 0.5) is 0 Å². The fourth-order valence-electron chi connectivity index (χ4n) is 1.89. The van der Waals surface area contributed by atoms with Crippen LogP contribution in [0.3, 0.4) is 0 Å². The summed E-state index contributed by atoms with van der Waals surface area (Å²) < 4.78 is 6.14. The second kappa shape index (κ2) is 3.83. The van der Waals surface area contributed by atoms with Crippen LogP contribution >= 0.6 is 0 Å². The maximum atomic E-state index is 5.21. The molecule has 0 aliphatic rings. The van der Waals surface area contributed by atoms with Crippen LogP contribution in [0.1, 0.15) is 5.69 Å². The highest BCUT2D eigenvalue weighted by Crippen LogP contribution is 2.22. The lowest BCUT2D eigenvalue weighted by Crippen LogP contribution is -2.33. The normalized spacial score (nSPS) is 12.0. The molecule has 0 saturated heterocycles. The fourth-order valence-corrected chi connectivity index (χ4v) is 1.89. The third kappa shape index (κ3) is 2.36. The number of benzene rings is 1. The first-order chi connectivity index (χ1) is 7.48. The number of aromatic nitrogens is 1. The number of fused-ring (bicyclic) bond motifs is 1. The minimum absolute atomic E-state index is 0.906. The van der Waals surface area contributed by atoms with Crippen LogP contribution in [0.15, 0.2) is 24.3 Å². The standard InChI is InChI=1S/C13H19N2O/c1-15(2,3)9-11-7-10-8-12(16-4)5-6-13(10)14-11/h5-8,14H,9H2,1-4H3/q+1. The molecule has 0 radical (unpaired) electrons. The number of aromatic amines is 1. The number of quaternary nitrogens is 1. The van der Waals surface area contributed by atoms with Crippen LogP contribution in [-0.2, 0) is 6.54 Å². The van der Waals surface area contributed by atoms with Crippen molar-refractivity contribution in [3.63, 3.8) is 0 Å². The second-order valence-corrected chi connectivity index (χ2v) is 5.20. The molecule has 16 heavy (non-hydrogen) atoms. The lowest BCUT2D eigenvalue weighted by Gasteiger charge is -2.22. The maximum Gasteiger partial charge on any atom is 0.119 e. The van der Waals surface area contributed by atoms with Gasteiger partial charge in [-0.25, -0.2) is 0 Å². The molecule has 0 aliphatic heterocycles. The van der Waals surface area contributed by atoms with Crippen LogP contribution in [0.2, 0.25) is 0 Å². The number of nitrogens with one attached hydrogen (secondary N) is 1. The average molecular weight is 219 g/mol. The smallest absolute Gasteiger partial charge is 0.119 e. The number of H-pyrrole nitrogens is 1. The monoisotopic (exact) mass is 219 g/mol. The van der Waals surface area contributed by atoms with E-state index in [4.69, 9.17) is 4.74 Å². The molecule has 1 heterocycles. The van der Waals surface area contributed by atoms with Gasteiger partial charge in [0.05, 0.1) is 33.9 Å². The summed E-state index contributed by atoms with van der Waals surface area (Å²) in [6.07, 6.45) is 0. The summed E-state index contributed by atoms with van der Waals surface area (Å²) in [5, 5.41) is 1.21. The summed E-state index contributed by atoms with van der Waals surface area (Å²) in [6, 6.07) is 8.30. The van der Waals surface area contributed by atoms with E-state index < -0.39 is 0 Å². The summed E-state index contributed by atoms with van der Waals surface area (Å²) in [6.45, 7) is 0.997. The highest BCUT2D eigenvalue weighted by molar-refractivity contribution is 5.81. The molecule has 0 saturated carbocycles. The molecule has 1 aromatic heterocycles. The second-order valence-electron chi connectivity index (χ2n) is 5.20. The van der Waals surface area contributed by atoms with Gasteiger partial charge in [-0.05, 0) is 24.3 Å². The highest BCUT2D eigenvalue weighted by atomic mass is 16.5. The Morgan fingerprint density at radius 1 is 1.19 bits per heavy atom. The van der Waals surface area contributed by atoms with Crippen molar-refractivity contribution >= 4 is 10.9 Å². The largest absolute Gasteiger partial charge is 0.497 e. The van der Waals surface area contributed by atoms with Crippen molar-refractivity contribution in [2.45, 2.75) is 6.54 Å². The van der Waals surface area contributed by atoms with Gasteiger partial charge >= 0.3 is 0 Å². The van der Waals surface area contributed by atoms with E-state index in [-0.39, 0.29) is 0 Å².